The molecule has 0 spiro atoms. The average Bonchev–Trinajstić information content (AvgIpc) is 1.82. The van der Waals surface area contributed by atoms with Gasteiger partial charge in [-0.15, -0.1) is 0 Å². The van der Waals surface area contributed by atoms with E-state index in [9.17, 15) is 0 Å². The van der Waals surface area contributed by atoms with Crippen molar-refractivity contribution in [3.05, 3.63) is 0 Å². The van der Waals surface area contributed by atoms with Crippen LogP contribution in [0.5, 0.6) is 0 Å². The van der Waals surface area contributed by atoms with Crippen LogP contribution in [0.3, 0.4) is 0 Å². The first-order chi connectivity index (χ1) is 4.22. The summed E-state index contributed by atoms with van der Waals surface area (Å²) in [6, 6.07) is 0. The van der Waals surface area contributed by atoms with E-state index in [1.807, 2.05) is 6.92 Å². The maximum Gasteiger partial charge on any atom is 0.115 e. The maximum atomic E-state index is 7.13. The Kier molecular flexibility index (Phi) is 3.59. The largest absolute Gasteiger partial charge is 0.287 e. The third-order valence-corrected chi connectivity index (χ3v) is 0.884. The molecular formula is C5H12N4. The minimum atomic E-state index is 0.420. The summed E-state index contributed by atoms with van der Waals surface area (Å²) in [5.41, 5.74) is 0. The van der Waals surface area contributed by atoms with Crippen molar-refractivity contribution in [3.63, 3.8) is 0 Å². The van der Waals surface area contributed by atoms with Crippen LogP contribution in [-0.4, -0.2) is 24.4 Å². The molecule has 0 aliphatic carbocycles. The highest BCUT2D eigenvalue weighted by Gasteiger charge is 1.96. The Bertz CT molecular complexity index is 118. The van der Waals surface area contributed by atoms with Crippen LogP contribution in [-0.2, 0) is 0 Å². The van der Waals surface area contributed by atoms with E-state index < -0.39 is 0 Å². The fourth-order valence-electron chi connectivity index (χ4n) is 0.475. The van der Waals surface area contributed by atoms with Crippen LogP contribution in [0.1, 0.15) is 13.8 Å². The van der Waals surface area contributed by atoms with Crippen LogP contribution in [0.4, 0.5) is 0 Å². The molecule has 1 N–H and O–H groups in total. The van der Waals surface area contributed by atoms with Gasteiger partial charge in [-0.1, -0.05) is 5.22 Å². The van der Waals surface area contributed by atoms with Crippen LogP contribution in [0, 0.1) is 5.41 Å². The van der Waals surface area contributed by atoms with Crippen molar-refractivity contribution in [1.82, 2.24) is 5.01 Å². The molecule has 0 aromatic rings. The monoisotopic (exact) mass is 128 g/mol. The highest BCUT2D eigenvalue weighted by atomic mass is 15.5. The number of rotatable bonds is 2. The van der Waals surface area contributed by atoms with Crippen molar-refractivity contribution in [2.75, 3.05) is 13.6 Å². The van der Waals surface area contributed by atoms with Gasteiger partial charge in [0, 0.05) is 6.54 Å². The summed E-state index contributed by atoms with van der Waals surface area (Å²) >= 11 is 0. The third kappa shape index (κ3) is 2.79. The molecule has 0 aliphatic rings. The van der Waals surface area contributed by atoms with Crippen molar-refractivity contribution in [2.45, 2.75) is 13.8 Å². The molecule has 9 heavy (non-hydrogen) atoms. The lowest BCUT2D eigenvalue weighted by Crippen LogP contribution is -2.20. The average molecular weight is 128 g/mol. The predicted molar refractivity (Wildman–Crippen MR) is 36.6 cm³/mol. The van der Waals surface area contributed by atoms with E-state index in [-0.39, 0.29) is 0 Å². The van der Waals surface area contributed by atoms with Crippen LogP contribution in [0.25, 0.3) is 0 Å². The third-order valence-electron chi connectivity index (χ3n) is 0.884. The molecule has 0 heterocycles. The van der Waals surface area contributed by atoms with E-state index >= 15 is 0 Å². The highest BCUT2D eigenvalue weighted by molar-refractivity contribution is 5.75. The summed E-state index contributed by atoms with van der Waals surface area (Å²) in [6.07, 6.45) is 0. The first-order valence-corrected chi connectivity index (χ1v) is 2.84. The topological polar surface area (TPSA) is 51.8 Å². The van der Waals surface area contributed by atoms with Gasteiger partial charge in [0.25, 0.3) is 0 Å². The Hall–Kier alpha value is -0.930. The second-order valence-corrected chi connectivity index (χ2v) is 1.59. The Labute approximate surface area is 55.1 Å². The summed E-state index contributed by atoms with van der Waals surface area (Å²) in [5.74, 6) is 0.420. The SMILES string of the molecule is CCN(N=NC)C(C)=N. The van der Waals surface area contributed by atoms with E-state index in [1.165, 1.54) is 5.01 Å². The molecule has 0 aliphatic heterocycles. The molecule has 0 atom stereocenters. The predicted octanol–water partition coefficient (Wildman–Crippen LogP) is 1.30. The normalized spacial score (nSPS) is 10.1. The lowest BCUT2D eigenvalue weighted by Gasteiger charge is -2.11. The minimum absolute atomic E-state index is 0.420. The van der Waals surface area contributed by atoms with E-state index in [1.54, 1.807) is 14.0 Å². The smallest absolute Gasteiger partial charge is 0.115 e. The van der Waals surface area contributed by atoms with Crippen LogP contribution >= 0.6 is 0 Å². The lowest BCUT2D eigenvalue weighted by molar-refractivity contribution is 0.432. The number of nitrogens with zero attached hydrogens (tertiary/aromatic N) is 3. The van der Waals surface area contributed by atoms with Gasteiger partial charge in [-0.3, -0.25) is 5.41 Å². The van der Waals surface area contributed by atoms with Gasteiger partial charge in [-0.05, 0) is 13.8 Å². The highest BCUT2D eigenvalue weighted by Crippen LogP contribution is 1.89. The molecule has 0 aromatic heterocycles. The van der Waals surface area contributed by atoms with Crippen molar-refractivity contribution >= 4 is 5.84 Å². The lowest BCUT2D eigenvalue weighted by atomic mass is 10.6. The summed E-state index contributed by atoms with van der Waals surface area (Å²) in [4.78, 5) is 0. The number of hydrogen-bond acceptors (Lipinski definition) is 3. The Morgan fingerprint density at radius 3 is 2.33 bits per heavy atom. The van der Waals surface area contributed by atoms with Gasteiger partial charge in [0.2, 0.25) is 0 Å². The zero-order valence-electron chi connectivity index (χ0n) is 6.05. The van der Waals surface area contributed by atoms with Gasteiger partial charge < -0.3 is 0 Å². The molecule has 0 aromatic carbocycles. The molecule has 0 saturated heterocycles. The van der Waals surface area contributed by atoms with Gasteiger partial charge in [-0.25, -0.2) is 5.01 Å². The fourth-order valence-corrected chi connectivity index (χ4v) is 0.475. The maximum absolute atomic E-state index is 7.13. The second-order valence-electron chi connectivity index (χ2n) is 1.59. The van der Waals surface area contributed by atoms with Gasteiger partial charge >= 0.3 is 0 Å². The molecule has 0 amide bonds. The fraction of sp³-hybridized carbons (Fsp3) is 0.800. The van der Waals surface area contributed by atoms with Gasteiger partial charge in [0.05, 0.1) is 7.05 Å². The van der Waals surface area contributed by atoms with Crippen molar-refractivity contribution in [2.24, 2.45) is 10.3 Å². The zero-order valence-corrected chi connectivity index (χ0v) is 6.05. The molecule has 0 bridgehead atoms. The van der Waals surface area contributed by atoms with Gasteiger partial charge in [-0.2, -0.15) is 5.11 Å². The molecule has 0 radical (unpaired) electrons. The number of hydrogen-bond donors (Lipinski definition) is 1. The van der Waals surface area contributed by atoms with Crippen LogP contribution in [0.2, 0.25) is 0 Å². The standard InChI is InChI=1S/C5H12N4/c1-4-9(5(2)6)8-7-3/h6H,4H2,1-3H3. The second kappa shape index (κ2) is 4.00. The number of nitrogens with one attached hydrogen (secondary N) is 1. The molecule has 4 heteroatoms. The Morgan fingerprint density at radius 2 is 2.22 bits per heavy atom. The van der Waals surface area contributed by atoms with Crippen LogP contribution in [0.15, 0.2) is 10.3 Å². The van der Waals surface area contributed by atoms with E-state index in [0.717, 1.165) is 0 Å². The Balaban J connectivity index is 3.83. The molecular weight excluding hydrogens is 116 g/mol. The van der Waals surface area contributed by atoms with E-state index in [0.29, 0.717) is 12.4 Å². The van der Waals surface area contributed by atoms with E-state index in [2.05, 4.69) is 10.3 Å². The Morgan fingerprint density at radius 1 is 1.67 bits per heavy atom. The summed E-state index contributed by atoms with van der Waals surface area (Å²) < 4.78 is 0. The summed E-state index contributed by atoms with van der Waals surface area (Å²) in [5, 5.41) is 15.9. The molecule has 0 saturated carbocycles. The molecule has 0 rings (SSSR count). The van der Waals surface area contributed by atoms with Gasteiger partial charge in [0.15, 0.2) is 0 Å². The van der Waals surface area contributed by atoms with Crippen molar-refractivity contribution in [1.29, 1.82) is 5.41 Å². The van der Waals surface area contributed by atoms with Crippen molar-refractivity contribution < 1.29 is 0 Å². The zero-order chi connectivity index (χ0) is 7.28. The molecule has 4 nitrogen and oxygen atoms in total. The molecule has 0 fully saturated rings. The van der Waals surface area contributed by atoms with Crippen molar-refractivity contribution in [3.8, 4) is 0 Å². The first kappa shape index (κ1) is 8.07. The summed E-state index contributed by atoms with van der Waals surface area (Å²) in [7, 11) is 1.59. The quantitative estimate of drug-likeness (QED) is 0.259. The van der Waals surface area contributed by atoms with Gasteiger partial charge in [0.1, 0.15) is 5.84 Å². The summed E-state index contributed by atoms with van der Waals surface area (Å²) in [6.45, 7) is 4.30. The van der Waals surface area contributed by atoms with Crippen LogP contribution < -0.4 is 0 Å². The molecule has 0 unspecified atom stereocenters. The number of amidine groups is 1. The first-order valence-electron chi connectivity index (χ1n) is 2.84. The minimum Gasteiger partial charge on any atom is -0.287 e. The van der Waals surface area contributed by atoms with E-state index in [4.69, 9.17) is 5.41 Å². The molecule has 52 valence electrons.